The summed E-state index contributed by atoms with van der Waals surface area (Å²) in [4.78, 5) is 2.52. The van der Waals surface area contributed by atoms with E-state index in [1.54, 1.807) is 0 Å². The predicted octanol–water partition coefficient (Wildman–Crippen LogP) is -0.107. The number of rotatable bonds is 4. The normalized spacial score (nSPS) is 26.8. The summed E-state index contributed by atoms with van der Waals surface area (Å²) in [6.07, 6.45) is 2.60. The first kappa shape index (κ1) is 12.3. The lowest BCUT2D eigenvalue weighted by Gasteiger charge is -2.35. The molecule has 0 amide bonds. The van der Waals surface area contributed by atoms with Crippen LogP contribution in [0.15, 0.2) is 0 Å². The van der Waals surface area contributed by atoms with Gasteiger partial charge in [-0.25, -0.2) is 0 Å². The Bertz CT molecular complexity index is 189. The minimum Gasteiger partial charge on any atom is -0.379 e. The first-order valence-electron chi connectivity index (χ1n) is 6.61. The molecule has 0 spiro atoms. The average Bonchev–Trinajstić information content (AvgIpc) is 2.38. The fraction of sp³-hybridized carbons (Fsp3) is 1.00. The molecular formula is C12H25N3O. The first-order valence-corrected chi connectivity index (χ1v) is 6.61. The summed E-state index contributed by atoms with van der Waals surface area (Å²) >= 11 is 0. The minimum absolute atomic E-state index is 0.681. The van der Waals surface area contributed by atoms with Crippen molar-refractivity contribution in [1.82, 2.24) is 10.2 Å². The Labute approximate surface area is 98.5 Å². The van der Waals surface area contributed by atoms with Gasteiger partial charge in [-0.05, 0) is 44.3 Å². The van der Waals surface area contributed by atoms with E-state index in [-0.39, 0.29) is 0 Å². The summed E-state index contributed by atoms with van der Waals surface area (Å²) in [5, 5.41) is 3.42. The molecule has 2 rings (SSSR count). The zero-order valence-electron chi connectivity index (χ0n) is 10.2. The van der Waals surface area contributed by atoms with Gasteiger partial charge in [0, 0.05) is 19.6 Å². The van der Waals surface area contributed by atoms with Crippen LogP contribution in [0.2, 0.25) is 0 Å². The van der Waals surface area contributed by atoms with Gasteiger partial charge in [0.25, 0.3) is 0 Å². The van der Waals surface area contributed by atoms with Gasteiger partial charge in [-0.15, -0.1) is 0 Å². The van der Waals surface area contributed by atoms with Gasteiger partial charge in [0.15, 0.2) is 0 Å². The smallest absolute Gasteiger partial charge is 0.0594 e. The molecule has 2 aliphatic rings. The zero-order valence-corrected chi connectivity index (χ0v) is 10.2. The number of hydrogen-bond donors (Lipinski definition) is 2. The van der Waals surface area contributed by atoms with Gasteiger partial charge in [0.1, 0.15) is 0 Å². The van der Waals surface area contributed by atoms with E-state index in [1.165, 1.54) is 32.5 Å². The number of nitrogens with zero attached hydrogens (tertiary/aromatic N) is 1. The van der Waals surface area contributed by atoms with Crippen molar-refractivity contribution < 1.29 is 4.74 Å². The number of hydrogen-bond acceptors (Lipinski definition) is 4. The van der Waals surface area contributed by atoms with Crippen LogP contribution in [0.3, 0.4) is 0 Å². The molecule has 3 N–H and O–H groups in total. The zero-order chi connectivity index (χ0) is 11.2. The van der Waals surface area contributed by atoms with E-state index in [4.69, 9.17) is 10.5 Å². The molecule has 0 saturated carbocycles. The van der Waals surface area contributed by atoms with Gasteiger partial charge in [-0.2, -0.15) is 0 Å². The first-order chi connectivity index (χ1) is 7.90. The molecular weight excluding hydrogens is 202 g/mol. The van der Waals surface area contributed by atoms with Gasteiger partial charge < -0.3 is 15.8 Å². The second-order valence-electron chi connectivity index (χ2n) is 5.00. The summed E-state index contributed by atoms with van der Waals surface area (Å²) in [5.41, 5.74) is 5.94. The maximum absolute atomic E-state index is 5.94. The van der Waals surface area contributed by atoms with E-state index in [0.717, 1.165) is 38.8 Å². The van der Waals surface area contributed by atoms with Crippen molar-refractivity contribution in [2.75, 3.05) is 52.5 Å². The van der Waals surface area contributed by atoms with Crippen LogP contribution in [0.1, 0.15) is 12.8 Å². The van der Waals surface area contributed by atoms with Gasteiger partial charge in [-0.1, -0.05) is 0 Å². The van der Waals surface area contributed by atoms with E-state index in [1.807, 2.05) is 0 Å². The van der Waals surface area contributed by atoms with E-state index in [2.05, 4.69) is 10.2 Å². The second kappa shape index (κ2) is 6.55. The summed E-state index contributed by atoms with van der Waals surface area (Å²) in [6.45, 7) is 8.30. The number of ether oxygens (including phenoxy) is 1. The topological polar surface area (TPSA) is 50.5 Å². The maximum Gasteiger partial charge on any atom is 0.0594 e. The largest absolute Gasteiger partial charge is 0.379 e. The molecule has 2 fully saturated rings. The molecule has 0 radical (unpaired) electrons. The Hall–Kier alpha value is -0.160. The van der Waals surface area contributed by atoms with E-state index >= 15 is 0 Å². The van der Waals surface area contributed by atoms with Crippen molar-refractivity contribution in [2.24, 2.45) is 17.6 Å². The predicted molar refractivity (Wildman–Crippen MR) is 65.4 cm³/mol. The number of piperidine rings is 1. The second-order valence-corrected chi connectivity index (χ2v) is 5.00. The van der Waals surface area contributed by atoms with Crippen molar-refractivity contribution in [1.29, 1.82) is 0 Å². The minimum atomic E-state index is 0.681. The van der Waals surface area contributed by atoms with Crippen molar-refractivity contribution in [2.45, 2.75) is 12.8 Å². The Morgan fingerprint density at radius 2 is 1.94 bits per heavy atom. The molecule has 16 heavy (non-hydrogen) atoms. The fourth-order valence-electron chi connectivity index (χ4n) is 2.85. The molecule has 0 aliphatic carbocycles. The Kier molecular flexibility index (Phi) is 5.03. The standard InChI is InChI=1S/C12H25N3O/c13-9-12(11-1-3-14-4-2-11)10-15-5-7-16-8-6-15/h11-12,14H,1-10,13H2. The lowest BCUT2D eigenvalue weighted by molar-refractivity contribution is 0.0249. The molecule has 4 nitrogen and oxygen atoms in total. The Balaban J connectivity index is 1.78. The van der Waals surface area contributed by atoms with Crippen LogP contribution in [0.4, 0.5) is 0 Å². The molecule has 94 valence electrons. The molecule has 1 atom stereocenters. The monoisotopic (exact) mass is 227 g/mol. The molecule has 2 saturated heterocycles. The van der Waals surface area contributed by atoms with Crippen LogP contribution >= 0.6 is 0 Å². The molecule has 0 aromatic heterocycles. The van der Waals surface area contributed by atoms with Gasteiger partial charge in [0.05, 0.1) is 13.2 Å². The molecule has 2 heterocycles. The van der Waals surface area contributed by atoms with Crippen molar-refractivity contribution >= 4 is 0 Å². The highest BCUT2D eigenvalue weighted by Gasteiger charge is 2.24. The quantitative estimate of drug-likeness (QED) is 0.704. The molecule has 0 aromatic rings. The number of nitrogens with two attached hydrogens (primary N) is 1. The Morgan fingerprint density at radius 1 is 1.25 bits per heavy atom. The van der Waals surface area contributed by atoms with Gasteiger partial charge in [-0.3, -0.25) is 4.90 Å². The molecule has 0 aromatic carbocycles. The highest BCUT2D eigenvalue weighted by Crippen LogP contribution is 2.22. The van der Waals surface area contributed by atoms with Crippen LogP contribution in [-0.4, -0.2) is 57.4 Å². The number of morpholine rings is 1. The van der Waals surface area contributed by atoms with Crippen LogP contribution in [0.5, 0.6) is 0 Å². The van der Waals surface area contributed by atoms with Crippen molar-refractivity contribution in [3.8, 4) is 0 Å². The summed E-state index contributed by atoms with van der Waals surface area (Å²) < 4.78 is 5.38. The molecule has 0 bridgehead atoms. The molecule has 2 aliphatic heterocycles. The van der Waals surface area contributed by atoms with E-state index < -0.39 is 0 Å². The third-order valence-electron chi connectivity index (χ3n) is 3.95. The number of nitrogens with one attached hydrogen (secondary N) is 1. The van der Waals surface area contributed by atoms with Crippen molar-refractivity contribution in [3.05, 3.63) is 0 Å². The van der Waals surface area contributed by atoms with E-state index in [0.29, 0.717) is 5.92 Å². The fourth-order valence-corrected chi connectivity index (χ4v) is 2.85. The lowest BCUT2D eigenvalue weighted by atomic mass is 9.84. The highest BCUT2D eigenvalue weighted by molar-refractivity contribution is 4.79. The summed E-state index contributed by atoms with van der Waals surface area (Å²) in [6, 6.07) is 0. The molecule has 4 heteroatoms. The third kappa shape index (κ3) is 3.42. The average molecular weight is 227 g/mol. The SMILES string of the molecule is NCC(CN1CCOCC1)C1CCNCC1. The van der Waals surface area contributed by atoms with Crippen molar-refractivity contribution in [3.63, 3.8) is 0 Å². The summed E-state index contributed by atoms with van der Waals surface area (Å²) in [7, 11) is 0. The van der Waals surface area contributed by atoms with Gasteiger partial charge >= 0.3 is 0 Å². The van der Waals surface area contributed by atoms with Crippen LogP contribution < -0.4 is 11.1 Å². The van der Waals surface area contributed by atoms with Crippen LogP contribution in [-0.2, 0) is 4.74 Å². The maximum atomic E-state index is 5.94. The lowest BCUT2D eigenvalue weighted by Crippen LogP contribution is -2.44. The molecule has 1 unspecified atom stereocenters. The summed E-state index contributed by atoms with van der Waals surface area (Å²) in [5.74, 6) is 1.51. The van der Waals surface area contributed by atoms with Crippen LogP contribution in [0, 0.1) is 11.8 Å². The Morgan fingerprint density at radius 3 is 2.56 bits per heavy atom. The van der Waals surface area contributed by atoms with Gasteiger partial charge in [0.2, 0.25) is 0 Å². The third-order valence-corrected chi connectivity index (χ3v) is 3.95. The highest BCUT2D eigenvalue weighted by atomic mass is 16.5. The van der Waals surface area contributed by atoms with E-state index in [9.17, 15) is 0 Å². The van der Waals surface area contributed by atoms with Crippen LogP contribution in [0.25, 0.3) is 0 Å².